The largest absolute Gasteiger partial charge is 0.496 e. The third-order valence-electron chi connectivity index (χ3n) is 3.57. The van der Waals surface area contributed by atoms with Crippen molar-refractivity contribution < 1.29 is 9.53 Å². The summed E-state index contributed by atoms with van der Waals surface area (Å²) in [6.45, 7) is 5.83. The van der Waals surface area contributed by atoms with Crippen molar-refractivity contribution >= 4 is 21.7 Å². The lowest BCUT2D eigenvalue weighted by atomic mass is 9.99. The Kier molecular flexibility index (Phi) is 4.78. The zero-order valence-electron chi connectivity index (χ0n) is 12.7. The van der Waals surface area contributed by atoms with Crippen LogP contribution in [-0.2, 0) is 6.42 Å². The number of aromatic nitrogens is 1. The molecule has 0 N–H and O–H groups in total. The molecule has 2 aromatic rings. The van der Waals surface area contributed by atoms with Crippen molar-refractivity contribution in [2.45, 2.75) is 27.2 Å². The fourth-order valence-corrected chi connectivity index (χ4v) is 2.91. The van der Waals surface area contributed by atoms with Gasteiger partial charge < -0.3 is 4.74 Å². The Balaban J connectivity index is 2.32. The summed E-state index contributed by atoms with van der Waals surface area (Å²) in [5.74, 6) is 0.877. The summed E-state index contributed by atoms with van der Waals surface area (Å²) in [5.41, 5.74) is 4.38. The summed E-state index contributed by atoms with van der Waals surface area (Å²) in [6, 6.07) is 5.68. The van der Waals surface area contributed by atoms with Gasteiger partial charge in [-0.05, 0) is 38.5 Å². The minimum Gasteiger partial charge on any atom is -0.496 e. The molecular formula is C17H18BrNO2. The Morgan fingerprint density at radius 2 is 1.95 bits per heavy atom. The number of methoxy groups -OCH3 is 1. The Labute approximate surface area is 133 Å². The summed E-state index contributed by atoms with van der Waals surface area (Å²) in [4.78, 5) is 16.9. The predicted octanol–water partition coefficient (Wildman–Crippen LogP) is 4.20. The van der Waals surface area contributed by atoms with Gasteiger partial charge in [-0.3, -0.25) is 9.78 Å². The molecule has 0 radical (unpaired) electrons. The van der Waals surface area contributed by atoms with Crippen LogP contribution in [0.1, 0.15) is 32.7 Å². The Bertz CT molecular complexity index is 695. The first kappa shape index (κ1) is 15.7. The Morgan fingerprint density at radius 3 is 2.57 bits per heavy atom. The van der Waals surface area contributed by atoms with Crippen LogP contribution < -0.4 is 4.74 Å². The van der Waals surface area contributed by atoms with E-state index < -0.39 is 0 Å². The number of Topliss-reactive ketones (excluding diaryl/α,β-unsaturated/α-hetero) is 1. The molecule has 2 rings (SSSR count). The highest BCUT2D eigenvalue weighted by molar-refractivity contribution is 9.10. The van der Waals surface area contributed by atoms with Crippen LogP contribution in [-0.4, -0.2) is 17.9 Å². The molecule has 0 spiro atoms. The van der Waals surface area contributed by atoms with E-state index in [-0.39, 0.29) is 12.2 Å². The molecule has 110 valence electrons. The van der Waals surface area contributed by atoms with Crippen LogP contribution in [0, 0.1) is 20.8 Å². The van der Waals surface area contributed by atoms with E-state index in [1.807, 2.05) is 39.0 Å². The third kappa shape index (κ3) is 3.32. The van der Waals surface area contributed by atoms with Crippen molar-refractivity contribution in [3.63, 3.8) is 0 Å². The molecule has 1 heterocycles. The molecule has 0 saturated heterocycles. The standard InChI is InChI=1S/C17H18BrNO2/c1-10-7-13(18)5-6-14(10)16(20)8-15-12(3)17(21-4)11(2)9-19-15/h5-7,9H,8H2,1-4H3. The zero-order chi connectivity index (χ0) is 15.6. The maximum Gasteiger partial charge on any atom is 0.169 e. The predicted molar refractivity (Wildman–Crippen MR) is 87.2 cm³/mol. The summed E-state index contributed by atoms with van der Waals surface area (Å²) >= 11 is 3.41. The zero-order valence-corrected chi connectivity index (χ0v) is 14.2. The van der Waals surface area contributed by atoms with Crippen molar-refractivity contribution in [1.82, 2.24) is 4.98 Å². The normalized spacial score (nSPS) is 10.5. The summed E-state index contributed by atoms with van der Waals surface area (Å²) in [7, 11) is 1.64. The third-order valence-corrected chi connectivity index (χ3v) is 4.06. The molecule has 0 aliphatic carbocycles. The molecule has 3 nitrogen and oxygen atoms in total. The lowest BCUT2D eigenvalue weighted by molar-refractivity contribution is 0.0991. The number of nitrogens with zero attached hydrogens (tertiary/aromatic N) is 1. The Hall–Kier alpha value is -1.68. The van der Waals surface area contributed by atoms with E-state index in [2.05, 4.69) is 20.9 Å². The molecule has 1 aromatic carbocycles. The van der Waals surface area contributed by atoms with Crippen LogP contribution in [0.5, 0.6) is 5.75 Å². The maximum absolute atomic E-state index is 12.5. The number of benzene rings is 1. The van der Waals surface area contributed by atoms with Gasteiger partial charge in [0.1, 0.15) is 5.75 Å². The van der Waals surface area contributed by atoms with E-state index >= 15 is 0 Å². The number of hydrogen-bond acceptors (Lipinski definition) is 3. The molecule has 0 fully saturated rings. The monoisotopic (exact) mass is 347 g/mol. The van der Waals surface area contributed by atoms with Crippen LogP contribution in [0.15, 0.2) is 28.9 Å². The molecule has 1 aromatic heterocycles. The van der Waals surface area contributed by atoms with Crippen molar-refractivity contribution in [3.8, 4) is 5.75 Å². The van der Waals surface area contributed by atoms with E-state index in [9.17, 15) is 4.79 Å². The van der Waals surface area contributed by atoms with Gasteiger partial charge in [0, 0.05) is 27.4 Å². The highest BCUT2D eigenvalue weighted by Gasteiger charge is 2.15. The minimum atomic E-state index is 0.0708. The van der Waals surface area contributed by atoms with Crippen molar-refractivity contribution in [2.75, 3.05) is 7.11 Å². The minimum absolute atomic E-state index is 0.0708. The highest BCUT2D eigenvalue weighted by atomic mass is 79.9. The van der Waals surface area contributed by atoms with Gasteiger partial charge in [-0.1, -0.05) is 22.0 Å². The van der Waals surface area contributed by atoms with Gasteiger partial charge >= 0.3 is 0 Å². The van der Waals surface area contributed by atoms with Gasteiger partial charge in [0.05, 0.1) is 19.2 Å². The van der Waals surface area contributed by atoms with Crippen LogP contribution >= 0.6 is 15.9 Å². The van der Waals surface area contributed by atoms with Gasteiger partial charge in [0.15, 0.2) is 5.78 Å². The number of halogens is 1. The number of aryl methyl sites for hydroxylation is 2. The first-order chi connectivity index (χ1) is 9.93. The number of hydrogen-bond donors (Lipinski definition) is 0. The van der Waals surface area contributed by atoms with E-state index in [4.69, 9.17) is 4.74 Å². The molecule has 0 amide bonds. The van der Waals surface area contributed by atoms with Gasteiger partial charge in [-0.15, -0.1) is 0 Å². The van der Waals surface area contributed by atoms with Gasteiger partial charge in [-0.25, -0.2) is 0 Å². The average molecular weight is 348 g/mol. The number of pyridine rings is 1. The molecule has 0 bridgehead atoms. The second-order valence-electron chi connectivity index (χ2n) is 5.11. The quantitative estimate of drug-likeness (QED) is 0.778. The van der Waals surface area contributed by atoms with Crippen molar-refractivity contribution in [1.29, 1.82) is 0 Å². The van der Waals surface area contributed by atoms with E-state index in [0.29, 0.717) is 0 Å². The fourth-order valence-electron chi connectivity index (χ4n) is 2.44. The van der Waals surface area contributed by atoms with Crippen molar-refractivity contribution in [3.05, 3.63) is 56.8 Å². The topological polar surface area (TPSA) is 39.2 Å². The lowest BCUT2D eigenvalue weighted by Gasteiger charge is -2.12. The lowest BCUT2D eigenvalue weighted by Crippen LogP contribution is -2.09. The van der Waals surface area contributed by atoms with Crippen LogP contribution in [0.2, 0.25) is 0 Å². The second kappa shape index (κ2) is 6.39. The van der Waals surface area contributed by atoms with Gasteiger partial charge in [0.25, 0.3) is 0 Å². The number of carbonyl (C=O) groups is 1. The smallest absolute Gasteiger partial charge is 0.169 e. The maximum atomic E-state index is 12.5. The fraction of sp³-hybridized carbons (Fsp3) is 0.294. The molecule has 21 heavy (non-hydrogen) atoms. The van der Waals surface area contributed by atoms with Crippen LogP contribution in [0.25, 0.3) is 0 Å². The number of ether oxygens (including phenoxy) is 1. The highest BCUT2D eigenvalue weighted by Crippen LogP contribution is 2.25. The SMILES string of the molecule is COc1c(C)cnc(CC(=O)c2ccc(Br)cc2C)c1C. The first-order valence-electron chi connectivity index (χ1n) is 6.72. The van der Waals surface area contributed by atoms with Crippen LogP contribution in [0.4, 0.5) is 0 Å². The van der Waals surface area contributed by atoms with E-state index in [1.165, 1.54) is 0 Å². The molecule has 0 aliphatic rings. The number of ketones is 1. The first-order valence-corrected chi connectivity index (χ1v) is 7.51. The van der Waals surface area contributed by atoms with E-state index in [0.717, 1.165) is 38.2 Å². The summed E-state index contributed by atoms with van der Waals surface area (Å²) in [5, 5.41) is 0. The molecule has 0 aliphatic heterocycles. The molecule has 0 saturated carbocycles. The number of carbonyl (C=O) groups excluding carboxylic acids is 1. The van der Waals surface area contributed by atoms with E-state index in [1.54, 1.807) is 13.3 Å². The Morgan fingerprint density at radius 1 is 1.24 bits per heavy atom. The molecule has 0 atom stereocenters. The number of rotatable bonds is 4. The molecule has 0 unspecified atom stereocenters. The molecule has 4 heteroatoms. The molecular weight excluding hydrogens is 330 g/mol. The van der Waals surface area contributed by atoms with Crippen molar-refractivity contribution in [2.24, 2.45) is 0 Å². The summed E-state index contributed by atoms with van der Waals surface area (Å²) < 4.78 is 6.36. The van der Waals surface area contributed by atoms with Crippen LogP contribution in [0.3, 0.4) is 0 Å². The van der Waals surface area contributed by atoms with Gasteiger partial charge in [0.2, 0.25) is 0 Å². The summed E-state index contributed by atoms with van der Waals surface area (Å²) in [6.07, 6.45) is 2.04. The second-order valence-corrected chi connectivity index (χ2v) is 6.02. The van der Waals surface area contributed by atoms with Gasteiger partial charge in [-0.2, -0.15) is 0 Å². The average Bonchev–Trinajstić information content (AvgIpc) is 2.42.